The van der Waals surface area contributed by atoms with Gasteiger partial charge in [-0.3, -0.25) is 4.79 Å². The lowest BCUT2D eigenvalue weighted by Gasteiger charge is -2.14. The van der Waals surface area contributed by atoms with Crippen LogP contribution in [0.25, 0.3) is 0 Å². The van der Waals surface area contributed by atoms with Gasteiger partial charge in [0.2, 0.25) is 0 Å². The van der Waals surface area contributed by atoms with Crippen molar-refractivity contribution >= 4 is 17.6 Å². The van der Waals surface area contributed by atoms with Crippen molar-refractivity contribution in [2.24, 2.45) is 5.73 Å². The fraction of sp³-hybridized carbons (Fsp3) is 0.222. The van der Waals surface area contributed by atoms with Crippen LogP contribution in [-0.4, -0.2) is 22.2 Å². The van der Waals surface area contributed by atoms with E-state index in [2.05, 4.69) is 0 Å². The molecule has 0 saturated carbocycles. The number of halogens is 1. The minimum absolute atomic E-state index is 0.435. The quantitative estimate of drug-likeness (QED) is 0.696. The molecule has 0 aliphatic rings. The Balaban J connectivity index is 2.84. The molecule has 0 amide bonds. The standard InChI is InChI=1S/C9H10ClNO3/c10-6-3-1-5(2-4-6)8(12)7(11)9(13)14/h1-4,7-8,12H,11H2,(H,13,14)/t7-,8-/m0/s1. The average molecular weight is 216 g/mol. The molecule has 76 valence electrons. The van der Waals surface area contributed by atoms with Gasteiger partial charge in [-0.2, -0.15) is 0 Å². The number of benzene rings is 1. The molecule has 0 bridgehead atoms. The number of carboxylic acid groups (broad SMARTS) is 1. The maximum absolute atomic E-state index is 10.5. The van der Waals surface area contributed by atoms with Gasteiger partial charge in [0.05, 0.1) is 0 Å². The number of hydrogen-bond donors (Lipinski definition) is 3. The molecule has 0 spiro atoms. The topological polar surface area (TPSA) is 83.6 Å². The highest BCUT2D eigenvalue weighted by molar-refractivity contribution is 6.30. The van der Waals surface area contributed by atoms with Crippen LogP contribution in [0, 0.1) is 0 Å². The van der Waals surface area contributed by atoms with Gasteiger partial charge >= 0.3 is 5.97 Å². The van der Waals surface area contributed by atoms with Crippen molar-refractivity contribution in [3.05, 3.63) is 34.9 Å². The van der Waals surface area contributed by atoms with Crippen LogP contribution in [0.1, 0.15) is 11.7 Å². The molecule has 0 unspecified atom stereocenters. The minimum atomic E-state index is -1.32. The highest BCUT2D eigenvalue weighted by atomic mass is 35.5. The van der Waals surface area contributed by atoms with Gasteiger partial charge in [0.15, 0.2) is 0 Å². The predicted octanol–water partition coefficient (Wildman–Crippen LogP) is 0.785. The Morgan fingerprint density at radius 3 is 2.29 bits per heavy atom. The van der Waals surface area contributed by atoms with Crippen LogP contribution in [0.3, 0.4) is 0 Å². The minimum Gasteiger partial charge on any atom is -0.480 e. The third-order valence-electron chi connectivity index (χ3n) is 1.84. The van der Waals surface area contributed by atoms with Crippen LogP contribution in [0.2, 0.25) is 5.02 Å². The lowest BCUT2D eigenvalue weighted by atomic mass is 10.0. The largest absolute Gasteiger partial charge is 0.480 e. The fourth-order valence-electron chi connectivity index (χ4n) is 1.00. The Kier molecular flexibility index (Phi) is 3.46. The summed E-state index contributed by atoms with van der Waals surface area (Å²) >= 11 is 5.63. The molecule has 1 aromatic rings. The van der Waals surface area contributed by atoms with Gasteiger partial charge in [0, 0.05) is 5.02 Å². The van der Waals surface area contributed by atoms with Crippen LogP contribution in [-0.2, 0) is 4.79 Å². The van der Waals surface area contributed by atoms with E-state index in [9.17, 15) is 9.90 Å². The maximum Gasteiger partial charge on any atom is 0.323 e. The number of rotatable bonds is 3. The van der Waals surface area contributed by atoms with E-state index >= 15 is 0 Å². The van der Waals surface area contributed by atoms with Crippen molar-refractivity contribution in [1.82, 2.24) is 0 Å². The smallest absolute Gasteiger partial charge is 0.323 e. The second kappa shape index (κ2) is 4.41. The molecule has 0 heterocycles. The van der Waals surface area contributed by atoms with Crippen molar-refractivity contribution in [2.45, 2.75) is 12.1 Å². The summed E-state index contributed by atoms with van der Waals surface area (Å²) in [6, 6.07) is 4.88. The van der Waals surface area contributed by atoms with Gasteiger partial charge in [-0.25, -0.2) is 0 Å². The van der Waals surface area contributed by atoms with Crippen LogP contribution >= 0.6 is 11.6 Å². The predicted molar refractivity (Wildman–Crippen MR) is 52.0 cm³/mol. The van der Waals surface area contributed by atoms with Crippen molar-refractivity contribution in [2.75, 3.05) is 0 Å². The third kappa shape index (κ3) is 2.45. The molecule has 4 nitrogen and oxygen atoms in total. The van der Waals surface area contributed by atoms with E-state index in [-0.39, 0.29) is 0 Å². The first-order valence-electron chi connectivity index (χ1n) is 3.94. The molecular weight excluding hydrogens is 206 g/mol. The monoisotopic (exact) mass is 215 g/mol. The lowest BCUT2D eigenvalue weighted by Crippen LogP contribution is -2.36. The summed E-state index contributed by atoms with van der Waals surface area (Å²) < 4.78 is 0. The number of aliphatic carboxylic acids is 1. The molecule has 5 heteroatoms. The van der Waals surface area contributed by atoms with Crippen molar-refractivity contribution in [3.8, 4) is 0 Å². The van der Waals surface area contributed by atoms with Gasteiger partial charge in [-0.15, -0.1) is 0 Å². The summed E-state index contributed by atoms with van der Waals surface area (Å²) in [4.78, 5) is 10.5. The van der Waals surface area contributed by atoms with E-state index in [1.807, 2.05) is 0 Å². The Hall–Kier alpha value is -1.10. The maximum atomic E-state index is 10.5. The van der Waals surface area contributed by atoms with E-state index in [0.29, 0.717) is 10.6 Å². The highest BCUT2D eigenvalue weighted by Crippen LogP contribution is 2.18. The van der Waals surface area contributed by atoms with Crippen LogP contribution in [0.5, 0.6) is 0 Å². The van der Waals surface area contributed by atoms with Gasteiger partial charge in [0.1, 0.15) is 12.1 Å². The van der Waals surface area contributed by atoms with Gasteiger partial charge in [0.25, 0.3) is 0 Å². The van der Waals surface area contributed by atoms with Gasteiger partial charge in [-0.1, -0.05) is 23.7 Å². The van der Waals surface area contributed by atoms with Crippen molar-refractivity contribution in [1.29, 1.82) is 0 Å². The first kappa shape index (κ1) is 11.0. The molecule has 1 aromatic carbocycles. The Bertz CT molecular complexity index is 325. The number of hydrogen-bond acceptors (Lipinski definition) is 3. The zero-order valence-electron chi connectivity index (χ0n) is 7.22. The molecule has 2 atom stereocenters. The first-order chi connectivity index (χ1) is 6.52. The third-order valence-corrected chi connectivity index (χ3v) is 2.09. The van der Waals surface area contributed by atoms with Crippen LogP contribution in [0.4, 0.5) is 0 Å². The Labute approximate surface area is 85.9 Å². The second-order valence-electron chi connectivity index (χ2n) is 2.86. The summed E-state index contributed by atoms with van der Waals surface area (Å²) in [7, 11) is 0. The molecule has 0 saturated heterocycles. The highest BCUT2D eigenvalue weighted by Gasteiger charge is 2.23. The van der Waals surface area contributed by atoms with E-state index in [0.717, 1.165) is 0 Å². The molecule has 0 aliphatic carbocycles. The Morgan fingerprint density at radius 2 is 1.86 bits per heavy atom. The zero-order valence-corrected chi connectivity index (χ0v) is 7.98. The van der Waals surface area contributed by atoms with Crippen molar-refractivity contribution < 1.29 is 15.0 Å². The summed E-state index contributed by atoms with van der Waals surface area (Å²) in [5.74, 6) is -1.24. The second-order valence-corrected chi connectivity index (χ2v) is 3.30. The number of nitrogens with two attached hydrogens (primary N) is 1. The fourth-order valence-corrected chi connectivity index (χ4v) is 1.13. The summed E-state index contributed by atoms with van der Waals surface area (Å²) in [5.41, 5.74) is 5.68. The number of carbonyl (C=O) groups is 1. The van der Waals surface area contributed by atoms with E-state index < -0.39 is 18.1 Å². The average Bonchev–Trinajstić information content (AvgIpc) is 2.16. The van der Waals surface area contributed by atoms with Gasteiger partial charge in [-0.05, 0) is 17.7 Å². The molecule has 0 radical (unpaired) electrons. The van der Waals surface area contributed by atoms with Gasteiger partial charge < -0.3 is 15.9 Å². The van der Waals surface area contributed by atoms with Crippen LogP contribution in [0.15, 0.2) is 24.3 Å². The van der Waals surface area contributed by atoms with E-state index in [1.54, 1.807) is 12.1 Å². The summed E-state index contributed by atoms with van der Waals surface area (Å²) in [6.45, 7) is 0. The van der Waals surface area contributed by atoms with E-state index in [4.69, 9.17) is 22.4 Å². The summed E-state index contributed by atoms with van der Waals surface area (Å²) in [5, 5.41) is 18.6. The molecule has 0 aliphatic heterocycles. The lowest BCUT2D eigenvalue weighted by molar-refractivity contribution is -0.141. The number of aliphatic hydroxyl groups excluding tert-OH is 1. The molecule has 1 rings (SSSR count). The molecule has 14 heavy (non-hydrogen) atoms. The SMILES string of the molecule is N[C@H](C(=O)O)[C@@H](O)c1ccc(Cl)cc1. The molecule has 4 N–H and O–H groups in total. The normalized spacial score (nSPS) is 14.8. The Morgan fingerprint density at radius 1 is 1.36 bits per heavy atom. The molecular formula is C9H10ClNO3. The summed E-state index contributed by atoms with van der Waals surface area (Å²) in [6.07, 6.45) is -1.22. The zero-order chi connectivity index (χ0) is 10.7. The molecule has 0 fully saturated rings. The first-order valence-corrected chi connectivity index (χ1v) is 4.32. The van der Waals surface area contributed by atoms with Crippen molar-refractivity contribution in [3.63, 3.8) is 0 Å². The molecule has 0 aromatic heterocycles. The van der Waals surface area contributed by atoms with E-state index in [1.165, 1.54) is 12.1 Å². The van der Waals surface area contributed by atoms with Crippen LogP contribution < -0.4 is 5.73 Å². The number of aliphatic hydroxyl groups is 1. The number of carboxylic acids is 1.